The molecule has 0 aliphatic carbocycles. The Labute approximate surface area is 100 Å². The number of unbranched alkanes of at least 4 members (excludes halogenated alkanes) is 1. The van der Waals surface area contributed by atoms with Gasteiger partial charge in [0.05, 0.1) is 18.1 Å². The number of hydrogen-bond donors (Lipinski definition) is 1. The van der Waals surface area contributed by atoms with Crippen LogP contribution >= 0.6 is 0 Å². The molecule has 0 saturated heterocycles. The normalized spacial score (nSPS) is 11.4. The summed E-state index contributed by atoms with van der Waals surface area (Å²) in [5.41, 5.74) is -0.181. The van der Waals surface area contributed by atoms with Crippen LogP contribution in [0.2, 0.25) is 0 Å². The molecule has 1 N–H and O–H groups in total. The van der Waals surface area contributed by atoms with E-state index in [1.54, 1.807) is 0 Å². The van der Waals surface area contributed by atoms with Crippen molar-refractivity contribution >= 4 is 0 Å². The Morgan fingerprint density at radius 1 is 1.19 bits per heavy atom. The highest BCUT2D eigenvalue weighted by Gasteiger charge is 2.14. The van der Waals surface area contributed by atoms with Gasteiger partial charge in [-0.3, -0.25) is 0 Å². The van der Waals surface area contributed by atoms with E-state index in [0.29, 0.717) is 0 Å². The summed E-state index contributed by atoms with van der Waals surface area (Å²) < 4.78 is 5.43. The standard InChI is InChI=1S/C13H26N2O/c1-4-5-10-16-11-9-15-8-6-7-13(2,3)12-14/h15H,4-11H2,1-3H3. The Hall–Kier alpha value is -0.590. The molecule has 0 aromatic carbocycles. The van der Waals surface area contributed by atoms with Gasteiger partial charge in [0.1, 0.15) is 0 Å². The summed E-state index contributed by atoms with van der Waals surface area (Å²) in [5, 5.41) is 12.2. The van der Waals surface area contributed by atoms with Crippen LogP contribution in [-0.4, -0.2) is 26.3 Å². The fourth-order valence-electron chi connectivity index (χ4n) is 1.33. The minimum atomic E-state index is -0.181. The molecule has 0 aliphatic rings. The Morgan fingerprint density at radius 2 is 1.94 bits per heavy atom. The second-order valence-corrected chi connectivity index (χ2v) is 4.82. The smallest absolute Gasteiger partial charge is 0.0683 e. The molecule has 0 bridgehead atoms. The first-order valence-electron chi connectivity index (χ1n) is 6.32. The molecule has 0 saturated carbocycles. The zero-order valence-electron chi connectivity index (χ0n) is 11.0. The van der Waals surface area contributed by atoms with Gasteiger partial charge < -0.3 is 10.1 Å². The summed E-state index contributed by atoms with van der Waals surface area (Å²) in [6, 6.07) is 2.31. The topological polar surface area (TPSA) is 45.0 Å². The van der Waals surface area contributed by atoms with Gasteiger partial charge in [0.25, 0.3) is 0 Å². The summed E-state index contributed by atoms with van der Waals surface area (Å²) in [5.74, 6) is 0. The molecule has 16 heavy (non-hydrogen) atoms. The Kier molecular flexibility index (Phi) is 9.27. The van der Waals surface area contributed by atoms with Crippen LogP contribution in [0.1, 0.15) is 46.5 Å². The van der Waals surface area contributed by atoms with Gasteiger partial charge in [-0.2, -0.15) is 5.26 Å². The van der Waals surface area contributed by atoms with E-state index in [1.807, 2.05) is 13.8 Å². The van der Waals surface area contributed by atoms with Crippen molar-refractivity contribution in [3.63, 3.8) is 0 Å². The van der Waals surface area contributed by atoms with E-state index < -0.39 is 0 Å². The molecule has 0 radical (unpaired) electrons. The molecule has 0 aromatic rings. The summed E-state index contributed by atoms with van der Waals surface area (Å²) in [6.45, 7) is 9.69. The fraction of sp³-hybridized carbons (Fsp3) is 0.923. The maximum absolute atomic E-state index is 8.83. The van der Waals surface area contributed by atoms with Gasteiger partial charge in [0.2, 0.25) is 0 Å². The van der Waals surface area contributed by atoms with Crippen molar-refractivity contribution in [2.75, 3.05) is 26.3 Å². The van der Waals surface area contributed by atoms with Gasteiger partial charge in [-0.15, -0.1) is 0 Å². The summed E-state index contributed by atoms with van der Waals surface area (Å²) >= 11 is 0. The third-order valence-corrected chi connectivity index (χ3v) is 2.52. The maximum Gasteiger partial charge on any atom is 0.0683 e. The molecule has 0 aliphatic heterocycles. The summed E-state index contributed by atoms with van der Waals surface area (Å²) in [6.07, 6.45) is 4.34. The average Bonchev–Trinajstić information content (AvgIpc) is 2.27. The van der Waals surface area contributed by atoms with Crippen molar-refractivity contribution in [3.05, 3.63) is 0 Å². The molecular weight excluding hydrogens is 200 g/mol. The highest BCUT2D eigenvalue weighted by molar-refractivity contribution is 4.91. The van der Waals surface area contributed by atoms with Gasteiger partial charge >= 0.3 is 0 Å². The van der Waals surface area contributed by atoms with Crippen molar-refractivity contribution in [2.24, 2.45) is 5.41 Å². The number of nitrogens with one attached hydrogen (secondary N) is 1. The second kappa shape index (κ2) is 9.62. The quantitative estimate of drug-likeness (QED) is 0.583. The van der Waals surface area contributed by atoms with Crippen molar-refractivity contribution in [1.82, 2.24) is 5.32 Å². The molecule has 0 amide bonds. The van der Waals surface area contributed by atoms with Gasteiger partial charge in [-0.05, 0) is 39.7 Å². The Morgan fingerprint density at radius 3 is 2.56 bits per heavy atom. The summed E-state index contributed by atoms with van der Waals surface area (Å²) in [4.78, 5) is 0. The number of ether oxygens (including phenoxy) is 1. The van der Waals surface area contributed by atoms with Gasteiger partial charge in [-0.25, -0.2) is 0 Å². The largest absolute Gasteiger partial charge is 0.380 e. The van der Waals surface area contributed by atoms with Crippen LogP contribution in [-0.2, 0) is 4.74 Å². The van der Waals surface area contributed by atoms with Gasteiger partial charge in [-0.1, -0.05) is 13.3 Å². The SMILES string of the molecule is CCCCOCCNCCCC(C)(C)C#N. The lowest BCUT2D eigenvalue weighted by Crippen LogP contribution is -2.22. The number of rotatable bonds is 10. The molecule has 0 unspecified atom stereocenters. The van der Waals surface area contributed by atoms with Crippen LogP contribution < -0.4 is 5.32 Å². The third kappa shape index (κ3) is 9.95. The number of hydrogen-bond acceptors (Lipinski definition) is 3. The monoisotopic (exact) mass is 226 g/mol. The van der Waals surface area contributed by atoms with Crippen molar-refractivity contribution < 1.29 is 4.74 Å². The number of nitriles is 1. The predicted octanol–water partition coefficient (Wildman–Crippen LogP) is 2.72. The highest BCUT2D eigenvalue weighted by atomic mass is 16.5. The molecule has 0 fully saturated rings. The van der Waals surface area contributed by atoms with Crippen LogP contribution in [0, 0.1) is 16.7 Å². The molecule has 0 aromatic heterocycles. The first kappa shape index (κ1) is 15.4. The van der Waals surface area contributed by atoms with E-state index in [-0.39, 0.29) is 5.41 Å². The maximum atomic E-state index is 8.83. The van der Waals surface area contributed by atoms with Crippen molar-refractivity contribution in [3.8, 4) is 6.07 Å². The van der Waals surface area contributed by atoms with Crippen LogP contribution in [0.4, 0.5) is 0 Å². The van der Waals surface area contributed by atoms with E-state index in [0.717, 1.165) is 45.6 Å². The van der Waals surface area contributed by atoms with E-state index >= 15 is 0 Å². The van der Waals surface area contributed by atoms with Crippen LogP contribution in [0.25, 0.3) is 0 Å². The molecule has 3 nitrogen and oxygen atoms in total. The predicted molar refractivity (Wildman–Crippen MR) is 67.2 cm³/mol. The first-order valence-corrected chi connectivity index (χ1v) is 6.32. The Balaban J connectivity index is 3.14. The van der Waals surface area contributed by atoms with Crippen molar-refractivity contribution in [2.45, 2.75) is 46.5 Å². The molecule has 0 spiro atoms. The minimum Gasteiger partial charge on any atom is -0.380 e. The van der Waals surface area contributed by atoms with Gasteiger partial charge in [0, 0.05) is 13.2 Å². The van der Waals surface area contributed by atoms with E-state index in [9.17, 15) is 0 Å². The lowest BCUT2D eigenvalue weighted by atomic mass is 9.90. The molecule has 0 rings (SSSR count). The zero-order chi connectivity index (χ0) is 12.3. The minimum absolute atomic E-state index is 0.181. The second-order valence-electron chi connectivity index (χ2n) is 4.82. The lowest BCUT2D eigenvalue weighted by molar-refractivity contribution is 0.133. The highest BCUT2D eigenvalue weighted by Crippen LogP contribution is 2.19. The molecule has 94 valence electrons. The molecule has 0 heterocycles. The lowest BCUT2D eigenvalue weighted by Gasteiger charge is -2.14. The average molecular weight is 226 g/mol. The number of nitrogens with zero attached hydrogens (tertiary/aromatic N) is 1. The zero-order valence-corrected chi connectivity index (χ0v) is 11.0. The molecule has 0 atom stereocenters. The fourth-order valence-corrected chi connectivity index (χ4v) is 1.33. The van der Waals surface area contributed by atoms with E-state index in [4.69, 9.17) is 10.00 Å². The van der Waals surface area contributed by atoms with E-state index in [2.05, 4.69) is 18.3 Å². The molecular formula is C13H26N2O. The third-order valence-electron chi connectivity index (χ3n) is 2.52. The molecule has 3 heteroatoms. The van der Waals surface area contributed by atoms with Crippen LogP contribution in [0.3, 0.4) is 0 Å². The van der Waals surface area contributed by atoms with Gasteiger partial charge in [0.15, 0.2) is 0 Å². The first-order chi connectivity index (χ1) is 7.62. The summed E-state index contributed by atoms with van der Waals surface area (Å²) in [7, 11) is 0. The van der Waals surface area contributed by atoms with Crippen LogP contribution in [0.5, 0.6) is 0 Å². The van der Waals surface area contributed by atoms with E-state index in [1.165, 1.54) is 6.42 Å². The Bertz CT molecular complexity index is 197. The van der Waals surface area contributed by atoms with Crippen molar-refractivity contribution in [1.29, 1.82) is 5.26 Å². The van der Waals surface area contributed by atoms with Crippen LogP contribution in [0.15, 0.2) is 0 Å².